The Morgan fingerprint density at radius 3 is 2.90 bits per heavy atom. The second-order valence-electron chi connectivity index (χ2n) is 5.25. The number of hydrogen-bond acceptors (Lipinski definition) is 4. The summed E-state index contributed by atoms with van der Waals surface area (Å²) in [5.74, 6) is -0.988. The predicted molar refractivity (Wildman–Crippen MR) is 83.9 cm³/mol. The van der Waals surface area contributed by atoms with Crippen molar-refractivity contribution in [3.63, 3.8) is 0 Å². The van der Waals surface area contributed by atoms with Crippen molar-refractivity contribution in [1.82, 2.24) is 10.2 Å². The molecule has 3 atom stereocenters. The van der Waals surface area contributed by atoms with Gasteiger partial charge in [-0.3, -0.25) is 4.79 Å². The van der Waals surface area contributed by atoms with Crippen LogP contribution in [0, 0.1) is 0 Å². The summed E-state index contributed by atoms with van der Waals surface area (Å²) < 4.78 is 0. The largest absolute Gasteiger partial charge is 0.478 e. The lowest BCUT2D eigenvalue weighted by Crippen LogP contribution is -2.68. The smallest absolute Gasteiger partial charge is 0.334 e. The van der Waals surface area contributed by atoms with Crippen molar-refractivity contribution in [1.29, 1.82) is 0 Å². The fourth-order valence-corrected chi connectivity index (χ4v) is 4.06. The van der Waals surface area contributed by atoms with E-state index in [2.05, 4.69) is 12.2 Å². The molecule has 0 radical (unpaired) electrons. The molecule has 2 aliphatic rings. The number of hydrogen-bond donors (Lipinski definition) is 2. The quantitative estimate of drug-likeness (QED) is 0.427. The number of nitrogens with zero attached hydrogens (tertiary/aromatic N) is 1. The third-order valence-corrected chi connectivity index (χ3v) is 5.19. The highest BCUT2D eigenvalue weighted by Gasteiger charge is 2.50. The molecule has 0 aromatic heterocycles. The van der Waals surface area contributed by atoms with Gasteiger partial charge in [0.05, 0.1) is 10.8 Å². The number of carbonyl (C=O) groups excluding carboxylic acids is 1. The first-order chi connectivity index (χ1) is 10.1. The van der Waals surface area contributed by atoms with E-state index < -0.39 is 5.97 Å². The molecule has 116 valence electrons. The first kappa shape index (κ1) is 16.1. The van der Waals surface area contributed by atoms with Crippen LogP contribution in [0.1, 0.15) is 33.1 Å². The molecule has 2 aliphatic heterocycles. The van der Waals surface area contributed by atoms with Crippen LogP contribution in [0.15, 0.2) is 23.9 Å². The lowest BCUT2D eigenvalue weighted by atomic mass is 10.0. The molecule has 2 heterocycles. The van der Waals surface area contributed by atoms with Gasteiger partial charge in [-0.2, -0.15) is 0 Å². The SMILES string of the molecule is CC=CC1S[C@@H]2C(NCCCCC)C(=O)N2C=C1C(=O)O. The van der Waals surface area contributed by atoms with Crippen LogP contribution >= 0.6 is 11.8 Å². The standard InChI is InChI=1S/C15H22N2O3S/c1-3-5-6-8-16-12-13(18)17-9-10(15(19)20)11(7-4-2)21-14(12)17/h4,7,9,11-12,14,16H,3,5-6,8H2,1-2H3,(H,19,20)/t11?,12?,14-/m1/s1. The maximum atomic E-state index is 12.1. The minimum absolute atomic E-state index is 0.00317. The summed E-state index contributed by atoms with van der Waals surface area (Å²) in [6.07, 6.45) is 8.60. The van der Waals surface area contributed by atoms with Gasteiger partial charge in [0.15, 0.2) is 0 Å². The number of fused-ring (bicyclic) bond motifs is 1. The normalized spacial score (nSPS) is 28.3. The number of carboxylic acid groups (broad SMARTS) is 1. The van der Waals surface area contributed by atoms with Gasteiger partial charge in [0, 0.05) is 6.20 Å². The Hall–Kier alpha value is -1.27. The molecule has 2 unspecified atom stereocenters. The summed E-state index contributed by atoms with van der Waals surface area (Å²) in [4.78, 5) is 24.9. The molecule has 0 saturated carbocycles. The van der Waals surface area contributed by atoms with Crippen molar-refractivity contribution in [2.45, 2.75) is 49.8 Å². The number of carboxylic acids is 1. The van der Waals surface area contributed by atoms with E-state index in [0.717, 1.165) is 25.8 Å². The van der Waals surface area contributed by atoms with Gasteiger partial charge in [0.2, 0.25) is 5.91 Å². The Balaban J connectivity index is 2.02. The van der Waals surface area contributed by atoms with Gasteiger partial charge in [-0.1, -0.05) is 31.9 Å². The van der Waals surface area contributed by atoms with Gasteiger partial charge in [-0.15, -0.1) is 11.8 Å². The lowest BCUT2D eigenvalue weighted by molar-refractivity contribution is -0.142. The van der Waals surface area contributed by atoms with E-state index in [1.54, 1.807) is 4.90 Å². The summed E-state index contributed by atoms with van der Waals surface area (Å²) in [6, 6.07) is -0.189. The average molecular weight is 310 g/mol. The van der Waals surface area contributed by atoms with Crippen molar-refractivity contribution in [2.75, 3.05) is 6.54 Å². The molecule has 6 heteroatoms. The highest BCUT2D eigenvalue weighted by molar-refractivity contribution is 8.01. The van der Waals surface area contributed by atoms with Crippen LogP contribution in [0.5, 0.6) is 0 Å². The van der Waals surface area contributed by atoms with Crippen LogP contribution in [0.3, 0.4) is 0 Å². The average Bonchev–Trinajstić information content (AvgIpc) is 2.46. The summed E-state index contributed by atoms with van der Waals surface area (Å²) in [6.45, 7) is 4.85. The van der Waals surface area contributed by atoms with E-state index in [4.69, 9.17) is 0 Å². The van der Waals surface area contributed by atoms with Crippen molar-refractivity contribution in [2.24, 2.45) is 0 Å². The maximum absolute atomic E-state index is 12.1. The van der Waals surface area contributed by atoms with E-state index in [-0.39, 0.29) is 28.1 Å². The number of allylic oxidation sites excluding steroid dienone is 1. The molecule has 1 fully saturated rings. The van der Waals surface area contributed by atoms with Gasteiger partial charge in [-0.25, -0.2) is 4.79 Å². The zero-order valence-electron chi connectivity index (χ0n) is 12.4. The van der Waals surface area contributed by atoms with Gasteiger partial charge in [-0.05, 0) is 19.9 Å². The van der Waals surface area contributed by atoms with Crippen molar-refractivity contribution in [3.05, 3.63) is 23.9 Å². The molecule has 21 heavy (non-hydrogen) atoms. The Kier molecular flexibility index (Phi) is 5.47. The van der Waals surface area contributed by atoms with Crippen LogP contribution in [0.25, 0.3) is 0 Å². The first-order valence-electron chi connectivity index (χ1n) is 7.39. The number of unbranched alkanes of at least 4 members (excludes halogenated alkanes) is 2. The zero-order chi connectivity index (χ0) is 15.4. The Morgan fingerprint density at radius 2 is 2.29 bits per heavy atom. The van der Waals surface area contributed by atoms with Gasteiger partial charge in [0.25, 0.3) is 0 Å². The summed E-state index contributed by atoms with van der Waals surface area (Å²) >= 11 is 1.52. The molecule has 0 aliphatic carbocycles. The minimum atomic E-state index is -0.962. The number of amides is 1. The number of β-lactam (4-membered cyclic amide) rings is 1. The number of rotatable bonds is 7. The van der Waals surface area contributed by atoms with Crippen LogP contribution in [0.2, 0.25) is 0 Å². The molecule has 0 spiro atoms. The summed E-state index contributed by atoms with van der Waals surface area (Å²) in [7, 11) is 0. The minimum Gasteiger partial charge on any atom is -0.478 e. The van der Waals surface area contributed by atoms with E-state index in [0.29, 0.717) is 0 Å². The molecule has 2 rings (SSSR count). The summed E-state index contributed by atoms with van der Waals surface area (Å²) in [5.41, 5.74) is 0.270. The molecular formula is C15H22N2O3S. The zero-order valence-corrected chi connectivity index (χ0v) is 13.2. The van der Waals surface area contributed by atoms with Crippen molar-refractivity contribution in [3.8, 4) is 0 Å². The fourth-order valence-electron chi connectivity index (χ4n) is 2.54. The second-order valence-corrected chi connectivity index (χ2v) is 6.51. The maximum Gasteiger partial charge on any atom is 0.334 e. The molecule has 1 saturated heterocycles. The van der Waals surface area contributed by atoms with E-state index in [9.17, 15) is 14.7 Å². The molecular weight excluding hydrogens is 288 g/mol. The molecule has 1 amide bonds. The van der Waals surface area contributed by atoms with Crippen LogP contribution in [-0.2, 0) is 9.59 Å². The van der Waals surface area contributed by atoms with Gasteiger partial charge in [0.1, 0.15) is 11.4 Å². The van der Waals surface area contributed by atoms with Crippen LogP contribution in [-0.4, -0.2) is 45.1 Å². The van der Waals surface area contributed by atoms with Crippen molar-refractivity contribution >= 4 is 23.6 Å². The Bertz CT molecular complexity index is 476. The number of carbonyl (C=O) groups is 2. The predicted octanol–water partition coefficient (Wildman–Crippen LogP) is 1.96. The van der Waals surface area contributed by atoms with E-state index in [1.807, 2.05) is 19.1 Å². The van der Waals surface area contributed by atoms with E-state index >= 15 is 0 Å². The van der Waals surface area contributed by atoms with Crippen molar-refractivity contribution < 1.29 is 14.7 Å². The van der Waals surface area contributed by atoms with Gasteiger partial charge >= 0.3 is 5.97 Å². The number of thioether (sulfide) groups is 1. The lowest BCUT2D eigenvalue weighted by Gasteiger charge is -2.48. The second kappa shape index (κ2) is 7.13. The Morgan fingerprint density at radius 1 is 1.52 bits per heavy atom. The molecule has 0 bridgehead atoms. The highest BCUT2D eigenvalue weighted by Crippen LogP contribution is 2.41. The summed E-state index contributed by atoms with van der Waals surface area (Å²) in [5, 5.41) is 12.4. The monoisotopic (exact) mass is 310 g/mol. The number of nitrogens with one attached hydrogen (secondary N) is 1. The third kappa shape index (κ3) is 3.32. The molecule has 0 aromatic carbocycles. The molecule has 0 aromatic rings. The first-order valence-corrected chi connectivity index (χ1v) is 8.33. The molecule has 5 nitrogen and oxygen atoms in total. The fraction of sp³-hybridized carbons (Fsp3) is 0.600. The topological polar surface area (TPSA) is 69.6 Å². The van der Waals surface area contributed by atoms with Gasteiger partial charge < -0.3 is 15.3 Å². The van der Waals surface area contributed by atoms with Crippen LogP contribution in [0.4, 0.5) is 0 Å². The number of aliphatic carboxylic acids is 1. The highest BCUT2D eigenvalue weighted by atomic mass is 32.2. The third-order valence-electron chi connectivity index (χ3n) is 3.71. The van der Waals surface area contributed by atoms with Crippen LogP contribution < -0.4 is 5.32 Å². The molecule has 2 N–H and O–H groups in total. The Labute approximate surface area is 129 Å². The van der Waals surface area contributed by atoms with E-state index in [1.165, 1.54) is 18.0 Å².